The van der Waals surface area contributed by atoms with Crippen LogP contribution in [0.3, 0.4) is 0 Å². The fourth-order valence-electron chi connectivity index (χ4n) is 5.13. The summed E-state index contributed by atoms with van der Waals surface area (Å²) in [5.41, 5.74) is 3.66. The zero-order valence-corrected chi connectivity index (χ0v) is 19.9. The highest BCUT2D eigenvalue weighted by atomic mass is 32.1. The van der Waals surface area contributed by atoms with E-state index in [0.717, 1.165) is 67.0 Å². The van der Waals surface area contributed by atoms with E-state index < -0.39 is 0 Å². The highest BCUT2D eigenvalue weighted by Gasteiger charge is 2.27. The summed E-state index contributed by atoms with van der Waals surface area (Å²) in [5, 5.41) is 3.43. The molecule has 0 radical (unpaired) electrons. The van der Waals surface area contributed by atoms with Crippen molar-refractivity contribution in [2.24, 2.45) is 0 Å². The van der Waals surface area contributed by atoms with Gasteiger partial charge in [0.25, 0.3) is 0 Å². The molecule has 5 aromatic rings. The fourth-order valence-corrected chi connectivity index (χ4v) is 7.05. The third-order valence-corrected chi connectivity index (χ3v) is 8.81. The molecule has 33 heavy (non-hydrogen) atoms. The molecule has 0 N–H and O–H groups in total. The molecule has 6 heterocycles. The predicted octanol–water partition coefficient (Wildman–Crippen LogP) is 4.88. The smallest absolute Gasteiger partial charge is 0.173 e. The standard InChI is InChI=1S/C25H24N6S2/c1-2-9-31-16-17(26-21(31)8-1)15-29-10-12-30(13-11-29)24-22-18-5-3-6-19(18)33-25(22)28-23(27-24)20-7-4-14-32-20/h1-2,4,7-9,14,16H,3,5-6,10-13,15H2. The zero-order chi connectivity index (χ0) is 21.8. The van der Waals surface area contributed by atoms with Gasteiger partial charge in [0.1, 0.15) is 16.3 Å². The number of fused-ring (bicyclic) bond motifs is 4. The second-order valence-electron chi connectivity index (χ2n) is 8.85. The van der Waals surface area contributed by atoms with Crippen molar-refractivity contribution >= 4 is 44.4 Å². The number of aryl methyl sites for hydroxylation is 2. The number of pyridine rings is 1. The number of anilines is 1. The first-order valence-electron chi connectivity index (χ1n) is 11.6. The number of hydrogen-bond donors (Lipinski definition) is 0. The lowest BCUT2D eigenvalue weighted by molar-refractivity contribution is 0.247. The van der Waals surface area contributed by atoms with Crippen LogP contribution in [0.2, 0.25) is 0 Å². The van der Waals surface area contributed by atoms with Crippen LogP contribution < -0.4 is 4.90 Å². The van der Waals surface area contributed by atoms with E-state index in [1.165, 1.54) is 33.5 Å². The topological polar surface area (TPSA) is 49.6 Å². The minimum absolute atomic E-state index is 0.875. The number of imidazole rings is 1. The average Bonchev–Trinajstić information content (AvgIpc) is 3.62. The van der Waals surface area contributed by atoms with Gasteiger partial charge >= 0.3 is 0 Å². The molecule has 1 saturated heterocycles. The third-order valence-electron chi connectivity index (χ3n) is 6.76. The molecule has 0 atom stereocenters. The molecule has 2 aliphatic rings. The van der Waals surface area contributed by atoms with Crippen LogP contribution in [-0.2, 0) is 19.4 Å². The van der Waals surface area contributed by atoms with Crippen molar-refractivity contribution in [2.75, 3.05) is 31.1 Å². The molecule has 0 spiro atoms. The van der Waals surface area contributed by atoms with Crippen molar-refractivity contribution in [3.05, 3.63) is 64.2 Å². The second-order valence-corrected chi connectivity index (χ2v) is 10.9. The van der Waals surface area contributed by atoms with Crippen LogP contribution in [0.25, 0.3) is 26.6 Å². The second kappa shape index (κ2) is 7.90. The summed E-state index contributed by atoms with van der Waals surface area (Å²) in [4.78, 5) is 23.8. The normalized spacial score (nSPS) is 16.8. The molecule has 1 aliphatic carbocycles. The zero-order valence-electron chi connectivity index (χ0n) is 18.3. The predicted molar refractivity (Wildman–Crippen MR) is 135 cm³/mol. The van der Waals surface area contributed by atoms with Crippen LogP contribution in [0.1, 0.15) is 22.6 Å². The van der Waals surface area contributed by atoms with Gasteiger partial charge in [-0.05, 0) is 48.4 Å². The van der Waals surface area contributed by atoms with Gasteiger partial charge in [-0.15, -0.1) is 22.7 Å². The number of piperazine rings is 1. The Morgan fingerprint density at radius 3 is 2.73 bits per heavy atom. The van der Waals surface area contributed by atoms with Gasteiger partial charge in [-0.2, -0.15) is 0 Å². The van der Waals surface area contributed by atoms with Crippen LogP contribution in [0, 0.1) is 0 Å². The van der Waals surface area contributed by atoms with E-state index in [4.69, 9.17) is 15.0 Å². The maximum atomic E-state index is 5.15. The summed E-state index contributed by atoms with van der Waals surface area (Å²) in [6.45, 7) is 4.88. The van der Waals surface area contributed by atoms with Gasteiger partial charge in [-0.1, -0.05) is 12.1 Å². The van der Waals surface area contributed by atoms with Crippen molar-refractivity contribution in [3.63, 3.8) is 0 Å². The molecule has 1 fully saturated rings. The van der Waals surface area contributed by atoms with Gasteiger partial charge in [0.05, 0.1) is 16.0 Å². The van der Waals surface area contributed by atoms with Gasteiger partial charge in [0.15, 0.2) is 5.82 Å². The molecule has 1 aliphatic heterocycles. The van der Waals surface area contributed by atoms with E-state index in [1.807, 2.05) is 23.5 Å². The van der Waals surface area contributed by atoms with Crippen LogP contribution in [0.15, 0.2) is 48.1 Å². The maximum absolute atomic E-state index is 5.15. The van der Waals surface area contributed by atoms with Gasteiger partial charge in [0, 0.05) is 50.0 Å². The summed E-state index contributed by atoms with van der Waals surface area (Å²) in [6, 6.07) is 10.4. The van der Waals surface area contributed by atoms with Gasteiger partial charge in [0.2, 0.25) is 0 Å². The molecule has 8 heteroatoms. The van der Waals surface area contributed by atoms with E-state index >= 15 is 0 Å². The summed E-state index contributed by atoms with van der Waals surface area (Å²) >= 11 is 3.60. The fraction of sp³-hybridized carbons (Fsp3) is 0.320. The van der Waals surface area contributed by atoms with Crippen molar-refractivity contribution < 1.29 is 0 Å². The van der Waals surface area contributed by atoms with E-state index in [0.29, 0.717) is 0 Å². The third kappa shape index (κ3) is 3.44. The largest absolute Gasteiger partial charge is 0.353 e. The lowest BCUT2D eigenvalue weighted by atomic mass is 10.1. The van der Waals surface area contributed by atoms with E-state index in [-0.39, 0.29) is 0 Å². The average molecular weight is 473 g/mol. The Morgan fingerprint density at radius 2 is 1.88 bits per heavy atom. The van der Waals surface area contributed by atoms with E-state index in [2.05, 4.69) is 50.2 Å². The van der Waals surface area contributed by atoms with Crippen molar-refractivity contribution in [2.45, 2.75) is 25.8 Å². The molecule has 6 nitrogen and oxygen atoms in total. The van der Waals surface area contributed by atoms with Crippen molar-refractivity contribution in [1.29, 1.82) is 0 Å². The van der Waals surface area contributed by atoms with Crippen LogP contribution in [0.5, 0.6) is 0 Å². The van der Waals surface area contributed by atoms with Crippen LogP contribution in [0.4, 0.5) is 5.82 Å². The molecule has 0 aromatic carbocycles. The number of hydrogen-bond acceptors (Lipinski definition) is 7. The highest BCUT2D eigenvalue weighted by molar-refractivity contribution is 7.19. The minimum Gasteiger partial charge on any atom is -0.353 e. The van der Waals surface area contributed by atoms with Gasteiger partial charge < -0.3 is 9.30 Å². The summed E-state index contributed by atoms with van der Waals surface area (Å²) in [7, 11) is 0. The molecule has 0 saturated carbocycles. The summed E-state index contributed by atoms with van der Waals surface area (Å²) < 4.78 is 2.10. The van der Waals surface area contributed by atoms with E-state index in [9.17, 15) is 0 Å². The van der Waals surface area contributed by atoms with E-state index in [1.54, 1.807) is 11.3 Å². The van der Waals surface area contributed by atoms with Crippen LogP contribution in [-0.4, -0.2) is 50.4 Å². The van der Waals surface area contributed by atoms with Gasteiger partial charge in [-0.25, -0.2) is 15.0 Å². The summed E-state index contributed by atoms with van der Waals surface area (Å²) in [5.74, 6) is 2.02. The lowest BCUT2D eigenvalue weighted by Gasteiger charge is -2.35. The summed E-state index contributed by atoms with van der Waals surface area (Å²) in [6.07, 6.45) is 7.83. The maximum Gasteiger partial charge on any atom is 0.173 e. The number of thiophene rings is 2. The number of aromatic nitrogens is 4. The Labute approximate surface area is 200 Å². The number of nitrogens with zero attached hydrogens (tertiary/aromatic N) is 6. The molecular formula is C25H24N6S2. The number of rotatable bonds is 4. The molecular weight excluding hydrogens is 448 g/mol. The van der Waals surface area contributed by atoms with Crippen molar-refractivity contribution in [1.82, 2.24) is 24.3 Å². The van der Waals surface area contributed by atoms with Gasteiger partial charge in [-0.3, -0.25) is 4.90 Å². The molecule has 0 unspecified atom stereocenters. The van der Waals surface area contributed by atoms with Crippen molar-refractivity contribution in [3.8, 4) is 10.7 Å². The molecule has 5 aromatic heterocycles. The minimum atomic E-state index is 0.875. The SMILES string of the molecule is c1csc(-c2nc(N3CCN(Cc4cn5ccccc5n4)CC3)c3c4c(sc3n2)CCC4)c1. The molecule has 166 valence electrons. The Hall–Kier alpha value is -2.81. The first-order chi connectivity index (χ1) is 16.3. The Morgan fingerprint density at radius 1 is 0.939 bits per heavy atom. The monoisotopic (exact) mass is 472 g/mol. The highest BCUT2D eigenvalue weighted by Crippen LogP contribution is 2.42. The molecule has 7 rings (SSSR count). The molecule has 0 amide bonds. The molecule has 0 bridgehead atoms. The first kappa shape index (κ1) is 19.6. The Balaban J connectivity index is 1.17. The lowest BCUT2D eigenvalue weighted by Crippen LogP contribution is -2.46. The Kier molecular flexibility index (Phi) is 4.70. The van der Waals surface area contributed by atoms with Crippen LogP contribution >= 0.6 is 22.7 Å². The Bertz CT molecular complexity index is 1410. The first-order valence-corrected chi connectivity index (χ1v) is 13.3. The quantitative estimate of drug-likeness (QED) is 0.373.